The second-order valence-electron chi connectivity index (χ2n) is 10.1. The lowest BCUT2D eigenvalue weighted by Crippen LogP contribution is -2.55. The van der Waals surface area contributed by atoms with Crippen LogP contribution in [0.5, 0.6) is 0 Å². The molecule has 3 atom stereocenters. The van der Waals surface area contributed by atoms with Gasteiger partial charge in [0.05, 0.1) is 18.0 Å². The molecule has 1 aliphatic rings. The molecule has 0 saturated carbocycles. The Labute approximate surface area is 207 Å². The third-order valence-corrected chi connectivity index (χ3v) is 5.99. The minimum Gasteiger partial charge on any atom is -0.352 e. The van der Waals surface area contributed by atoms with E-state index in [0.717, 1.165) is 0 Å². The average Bonchev–Trinajstić information content (AvgIpc) is 3.06. The fourth-order valence-corrected chi connectivity index (χ4v) is 3.93. The number of nitrogens with one attached hydrogen (secondary N) is 3. The normalized spacial score (nSPS) is 17.7. The lowest BCUT2D eigenvalue weighted by atomic mass is 9.94. The number of nitrogens with zero attached hydrogens (tertiary/aromatic N) is 1. The van der Waals surface area contributed by atoms with Gasteiger partial charge in [0.2, 0.25) is 29.5 Å². The maximum absolute atomic E-state index is 12.7. The first-order chi connectivity index (χ1) is 16.3. The zero-order chi connectivity index (χ0) is 26.4. The number of carbonyl (C=O) groups excluding carboxylic acids is 5. The van der Waals surface area contributed by atoms with Crippen molar-refractivity contribution in [1.29, 1.82) is 0 Å². The van der Waals surface area contributed by atoms with Gasteiger partial charge in [0.15, 0.2) is 0 Å². The Morgan fingerprint density at radius 1 is 0.886 bits per heavy atom. The summed E-state index contributed by atoms with van der Waals surface area (Å²) in [5, 5.41) is 8.15. The molecule has 2 rings (SSSR count). The molecule has 0 bridgehead atoms. The molecule has 9 nitrogen and oxygen atoms in total. The van der Waals surface area contributed by atoms with Crippen molar-refractivity contribution in [3.8, 4) is 0 Å². The third kappa shape index (κ3) is 7.37. The Balaban J connectivity index is 2.00. The van der Waals surface area contributed by atoms with Crippen molar-refractivity contribution in [2.45, 2.75) is 79.4 Å². The summed E-state index contributed by atoms with van der Waals surface area (Å²) in [6.07, 6.45) is 0.230. The molecule has 1 heterocycles. The largest absolute Gasteiger partial charge is 0.352 e. The van der Waals surface area contributed by atoms with E-state index in [1.807, 2.05) is 41.5 Å². The molecule has 1 fully saturated rings. The van der Waals surface area contributed by atoms with E-state index in [4.69, 9.17) is 0 Å². The summed E-state index contributed by atoms with van der Waals surface area (Å²) in [5.41, 5.74) is 1.17. The van der Waals surface area contributed by atoms with E-state index in [0.29, 0.717) is 11.3 Å². The molecular formula is C26H38N4O5. The zero-order valence-corrected chi connectivity index (χ0v) is 21.7. The fourth-order valence-electron chi connectivity index (χ4n) is 3.93. The van der Waals surface area contributed by atoms with Gasteiger partial charge in [-0.25, -0.2) is 0 Å². The number of rotatable bonds is 10. The van der Waals surface area contributed by atoms with Crippen LogP contribution >= 0.6 is 0 Å². The first-order valence-electron chi connectivity index (χ1n) is 12.2. The van der Waals surface area contributed by atoms with Crippen molar-refractivity contribution in [3.63, 3.8) is 0 Å². The first kappa shape index (κ1) is 28.0. The first-order valence-corrected chi connectivity index (χ1v) is 12.2. The number of hydrogen-bond donors (Lipinski definition) is 3. The summed E-state index contributed by atoms with van der Waals surface area (Å²) >= 11 is 0. The fraction of sp³-hybridized carbons (Fsp3) is 0.577. The monoisotopic (exact) mass is 486 g/mol. The number of benzene rings is 1. The van der Waals surface area contributed by atoms with Gasteiger partial charge >= 0.3 is 0 Å². The minimum absolute atomic E-state index is 0.0245. The molecule has 0 spiro atoms. The molecule has 1 aromatic carbocycles. The predicted octanol–water partition coefficient (Wildman–Crippen LogP) is 1.93. The van der Waals surface area contributed by atoms with E-state index in [9.17, 15) is 24.0 Å². The van der Waals surface area contributed by atoms with Gasteiger partial charge in [-0.05, 0) is 50.3 Å². The van der Waals surface area contributed by atoms with E-state index < -0.39 is 18.0 Å². The van der Waals surface area contributed by atoms with Gasteiger partial charge in [0, 0.05) is 12.5 Å². The van der Waals surface area contributed by atoms with E-state index in [-0.39, 0.29) is 60.3 Å². The summed E-state index contributed by atoms with van der Waals surface area (Å²) in [6.45, 7) is 12.7. The second kappa shape index (κ2) is 12.0. The van der Waals surface area contributed by atoms with Gasteiger partial charge in [-0.3, -0.25) is 28.9 Å². The van der Waals surface area contributed by atoms with Crippen molar-refractivity contribution in [2.24, 2.45) is 17.8 Å². The number of hydrogen-bond acceptors (Lipinski definition) is 5. The van der Waals surface area contributed by atoms with Crippen LogP contribution in [0.15, 0.2) is 24.3 Å². The lowest BCUT2D eigenvalue weighted by molar-refractivity contribution is -0.132. The number of carbonyl (C=O) groups is 5. The molecule has 0 radical (unpaired) electrons. The maximum Gasteiger partial charge on any atom is 0.243 e. The summed E-state index contributed by atoms with van der Waals surface area (Å²) < 4.78 is 0. The average molecular weight is 487 g/mol. The predicted molar refractivity (Wildman–Crippen MR) is 133 cm³/mol. The molecule has 1 aliphatic heterocycles. The van der Waals surface area contributed by atoms with Crippen molar-refractivity contribution in [1.82, 2.24) is 16.0 Å². The van der Waals surface area contributed by atoms with Crippen LogP contribution in [-0.4, -0.2) is 47.7 Å². The highest BCUT2D eigenvalue weighted by Crippen LogP contribution is 2.30. The zero-order valence-electron chi connectivity index (χ0n) is 21.7. The van der Waals surface area contributed by atoms with Crippen molar-refractivity contribution in [2.75, 3.05) is 4.90 Å². The molecular weight excluding hydrogens is 448 g/mol. The van der Waals surface area contributed by atoms with Gasteiger partial charge in [0.1, 0.15) is 12.1 Å². The van der Waals surface area contributed by atoms with Gasteiger partial charge in [-0.15, -0.1) is 0 Å². The Kier molecular flexibility index (Phi) is 9.56. The van der Waals surface area contributed by atoms with Gasteiger partial charge in [0.25, 0.3) is 0 Å². The van der Waals surface area contributed by atoms with Crippen LogP contribution in [0.25, 0.3) is 0 Å². The standard InChI is InChI=1S/C26H38N4O5/c1-14(2)20-13-22(32)30(26(20)35)19-10-8-18(9-11-19)12-21(31)29-23(15(3)4)25(34)28-17(7)24(33)27-16(5)6/h8-11,14-17,20,23H,12-13H2,1-7H3,(H,27,33)(H,28,34)(H,29,31)/t17-,20?,23-/m0/s1. The molecule has 9 heteroatoms. The smallest absolute Gasteiger partial charge is 0.243 e. The summed E-state index contributed by atoms with van der Waals surface area (Å²) in [7, 11) is 0. The van der Waals surface area contributed by atoms with Crippen LogP contribution in [-0.2, 0) is 30.4 Å². The van der Waals surface area contributed by atoms with Crippen molar-refractivity contribution < 1.29 is 24.0 Å². The van der Waals surface area contributed by atoms with E-state index in [2.05, 4.69) is 16.0 Å². The van der Waals surface area contributed by atoms with Gasteiger partial charge in [-0.2, -0.15) is 0 Å². The molecule has 192 valence electrons. The van der Waals surface area contributed by atoms with Crippen molar-refractivity contribution in [3.05, 3.63) is 29.8 Å². The Morgan fingerprint density at radius 3 is 1.97 bits per heavy atom. The molecule has 35 heavy (non-hydrogen) atoms. The summed E-state index contributed by atoms with van der Waals surface area (Å²) in [5.74, 6) is -1.91. The molecule has 3 N–H and O–H groups in total. The van der Waals surface area contributed by atoms with Crippen LogP contribution in [0.3, 0.4) is 0 Å². The highest BCUT2D eigenvalue weighted by Gasteiger charge is 2.40. The van der Waals surface area contributed by atoms with Crippen LogP contribution in [0.4, 0.5) is 5.69 Å². The highest BCUT2D eigenvalue weighted by atomic mass is 16.2. The maximum atomic E-state index is 12.7. The SMILES string of the molecule is CC(C)NC(=O)[C@H](C)NC(=O)[C@@H](NC(=O)Cc1ccc(N2C(=O)CC(C(C)C)C2=O)cc1)C(C)C. The van der Waals surface area contributed by atoms with Crippen LogP contribution in [0.1, 0.15) is 60.5 Å². The summed E-state index contributed by atoms with van der Waals surface area (Å²) in [4.78, 5) is 63.7. The number of imide groups is 1. The van der Waals surface area contributed by atoms with E-state index in [1.54, 1.807) is 31.2 Å². The summed E-state index contributed by atoms with van der Waals surface area (Å²) in [6, 6.07) is 5.12. The van der Waals surface area contributed by atoms with Crippen LogP contribution in [0.2, 0.25) is 0 Å². The quantitative estimate of drug-likeness (QED) is 0.436. The Hall–Kier alpha value is -3.23. The topological polar surface area (TPSA) is 125 Å². The molecule has 1 saturated heterocycles. The van der Waals surface area contributed by atoms with Gasteiger partial charge in [-0.1, -0.05) is 39.8 Å². The molecule has 1 unspecified atom stereocenters. The number of amides is 5. The second-order valence-corrected chi connectivity index (χ2v) is 10.1. The van der Waals surface area contributed by atoms with E-state index >= 15 is 0 Å². The Morgan fingerprint density at radius 2 is 1.49 bits per heavy atom. The highest BCUT2D eigenvalue weighted by molar-refractivity contribution is 6.21. The molecule has 0 aromatic heterocycles. The minimum atomic E-state index is -0.802. The third-order valence-electron chi connectivity index (χ3n) is 5.99. The molecule has 0 aliphatic carbocycles. The molecule has 1 aromatic rings. The molecule has 5 amide bonds. The van der Waals surface area contributed by atoms with Crippen LogP contribution < -0.4 is 20.9 Å². The lowest BCUT2D eigenvalue weighted by Gasteiger charge is -2.24. The van der Waals surface area contributed by atoms with E-state index in [1.165, 1.54) is 4.90 Å². The van der Waals surface area contributed by atoms with Gasteiger partial charge < -0.3 is 16.0 Å². The van der Waals surface area contributed by atoms with Crippen LogP contribution in [0, 0.1) is 17.8 Å². The van der Waals surface area contributed by atoms with Crippen molar-refractivity contribution >= 4 is 35.2 Å². The number of anilines is 1. The Bertz CT molecular complexity index is 955.